The molecule has 0 N–H and O–H groups in total. The molecule has 3 rings (SSSR count). The SMILES string of the molecule is Cc1ccc(-c2c(F)cc(C3OCC(S)CO3)cc2F)cc1. The molecule has 0 amide bonds. The zero-order valence-corrected chi connectivity index (χ0v) is 12.9. The number of hydrogen-bond acceptors (Lipinski definition) is 3. The fraction of sp³-hybridized carbons (Fsp3) is 0.294. The Morgan fingerprint density at radius 1 is 1.00 bits per heavy atom. The van der Waals surface area contributed by atoms with Gasteiger partial charge >= 0.3 is 0 Å². The van der Waals surface area contributed by atoms with Crippen LogP contribution in [-0.2, 0) is 9.47 Å². The van der Waals surface area contributed by atoms with Crippen LogP contribution in [0.1, 0.15) is 17.4 Å². The summed E-state index contributed by atoms with van der Waals surface area (Å²) in [5, 5.41) is -0.0159. The molecule has 0 radical (unpaired) electrons. The van der Waals surface area contributed by atoms with Gasteiger partial charge in [0.2, 0.25) is 0 Å². The average molecular weight is 322 g/mol. The highest BCUT2D eigenvalue weighted by molar-refractivity contribution is 7.81. The second-order valence-corrected chi connectivity index (χ2v) is 6.11. The van der Waals surface area contributed by atoms with E-state index in [1.807, 2.05) is 19.1 Å². The fourth-order valence-electron chi connectivity index (χ4n) is 2.41. The van der Waals surface area contributed by atoms with Crippen molar-refractivity contribution in [3.05, 3.63) is 59.2 Å². The van der Waals surface area contributed by atoms with Gasteiger partial charge in [0.05, 0.1) is 18.8 Å². The molecule has 2 aromatic rings. The number of thiol groups is 1. The van der Waals surface area contributed by atoms with Gasteiger partial charge in [0, 0.05) is 10.8 Å². The standard InChI is InChI=1S/C17H16F2O2S/c1-10-2-4-11(5-3-10)16-14(18)6-12(7-15(16)19)17-20-8-13(22)9-21-17/h2-7,13,17,22H,8-9H2,1H3. The Bertz CT molecular complexity index is 642. The van der Waals surface area contributed by atoms with Crippen molar-refractivity contribution < 1.29 is 18.3 Å². The first-order chi connectivity index (χ1) is 10.5. The number of halogens is 2. The highest BCUT2D eigenvalue weighted by Gasteiger charge is 2.24. The summed E-state index contributed by atoms with van der Waals surface area (Å²) in [4.78, 5) is 0. The Balaban J connectivity index is 1.93. The highest BCUT2D eigenvalue weighted by Crippen LogP contribution is 2.32. The summed E-state index contributed by atoms with van der Waals surface area (Å²) < 4.78 is 39.6. The molecule has 0 aromatic heterocycles. The lowest BCUT2D eigenvalue weighted by atomic mass is 10.0. The highest BCUT2D eigenvalue weighted by atomic mass is 32.1. The summed E-state index contributed by atoms with van der Waals surface area (Å²) in [6.07, 6.45) is -0.750. The summed E-state index contributed by atoms with van der Waals surface area (Å²) in [6, 6.07) is 9.58. The van der Waals surface area contributed by atoms with Gasteiger partial charge in [-0.15, -0.1) is 0 Å². The van der Waals surface area contributed by atoms with E-state index in [1.165, 1.54) is 12.1 Å². The summed E-state index contributed by atoms with van der Waals surface area (Å²) in [5.74, 6) is -1.25. The van der Waals surface area contributed by atoms with Gasteiger partial charge < -0.3 is 9.47 Å². The summed E-state index contributed by atoms with van der Waals surface area (Å²) in [7, 11) is 0. The number of aryl methyl sites for hydroxylation is 1. The van der Waals surface area contributed by atoms with Gasteiger partial charge in [-0.05, 0) is 24.6 Å². The van der Waals surface area contributed by atoms with Gasteiger partial charge in [-0.2, -0.15) is 12.6 Å². The van der Waals surface area contributed by atoms with Gasteiger partial charge in [-0.1, -0.05) is 29.8 Å². The summed E-state index contributed by atoms with van der Waals surface area (Å²) >= 11 is 4.23. The normalized spacial score (nSPS) is 21.8. The Morgan fingerprint density at radius 3 is 2.09 bits per heavy atom. The van der Waals surface area contributed by atoms with Crippen molar-refractivity contribution in [1.29, 1.82) is 0 Å². The van der Waals surface area contributed by atoms with E-state index in [4.69, 9.17) is 9.47 Å². The maximum atomic E-state index is 14.4. The second kappa shape index (κ2) is 6.36. The van der Waals surface area contributed by atoms with Crippen LogP contribution in [0.25, 0.3) is 11.1 Å². The monoisotopic (exact) mass is 322 g/mol. The van der Waals surface area contributed by atoms with Crippen LogP contribution in [0.5, 0.6) is 0 Å². The fourth-order valence-corrected chi connectivity index (χ4v) is 2.58. The lowest BCUT2D eigenvalue weighted by Gasteiger charge is -2.27. The molecule has 0 saturated carbocycles. The third kappa shape index (κ3) is 3.16. The third-order valence-corrected chi connectivity index (χ3v) is 3.85. The number of benzene rings is 2. The largest absolute Gasteiger partial charge is 0.347 e. The Morgan fingerprint density at radius 2 is 1.55 bits per heavy atom. The molecule has 1 fully saturated rings. The van der Waals surface area contributed by atoms with Crippen molar-refractivity contribution in [2.24, 2.45) is 0 Å². The molecule has 1 aliphatic heterocycles. The molecule has 0 atom stereocenters. The van der Waals surface area contributed by atoms with Crippen molar-refractivity contribution in [2.45, 2.75) is 18.5 Å². The van der Waals surface area contributed by atoms with E-state index >= 15 is 0 Å². The second-order valence-electron chi connectivity index (χ2n) is 5.38. The summed E-state index contributed by atoms with van der Waals surface area (Å²) in [6.45, 7) is 2.69. The number of rotatable bonds is 2. The van der Waals surface area contributed by atoms with E-state index in [2.05, 4.69) is 12.6 Å². The molecule has 0 bridgehead atoms. The van der Waals surface area contributed by atoms with E-state index in [0.717, 1.165) is 5.56 Å². The minimum Gasteiger partial charge on any atom is -0.347 e. The van der Waals surface area contributed by atoms with E-state index in [9.17, 15) is 8.78 Å². The van der Waals surface area contributed by atoms with Gasteiger partial charge in [0.25, 0.3) is 0 Å². The molecule has 1 heterocycles. The van der Waals surface area contributed by atoms with Crippen molar-refractivity contribution in [3.8, 4) is 11.1 Å². The number of hydrogen-bond donors (Lipinski definition) is 1. The molecule has 0 spiro atoms. The topological polar surface area (TPSA) is 18.5 Å². The van der Waals surface area contributed by atoms with E-state index in [1.54, 1.807) is 12.1 Å². The zero-order valence-electron chi connectivity index (χ0n) is 12.1. The molecule has 1 saturated heterocycles. The maximum Gasteiger partial charge on any atom is 0.184 e. The van der Waals surface area contributed by atoms with Crippen LogP contribution in [0.15, 0.2) is 36.4 Å². The molecular formula is C17H16F2O2S. The van der Waals surface area contributed by atoms with Crippen molar-refractivity contribution >= 4 is 12.6 Å². The molecule has 2 aromatic carbocycles. The van der Waals surface area contributed by atoms with Crippen molar-refractivity contribution in [3.63, 3.8) is 0 Å². The van der Waals surface area contributed by atoms with Crippen LogP contribution in [0.2, 0.25) is 0 Å². The Hall–Kier alpha value is -1.43. The van der Waals surface area contributed by atoms with Gasteiger partial charge in [0.15, 0.2) is 6.29 Å². The molecule has 116 valence electrons. The third-order valence-electron chi connectivity index (χ3n) is 3.56. The lowest BCUT2D eigenvalue weighted by molar-refractivity contribution is -0.179. The van der Waals surface area contributed by atoms with E-state index in [0.29, 0.717) is 24.3 Å². The minimum atomic E-state index is -0.750. The minimum absolute atomic E-state index is 0.0159. The first kappa shape index (κ1) is 15.5. The summed E-state index contributed by atoms with van der Waals surface area (Å²) in [5.41, 5.74) is 1.84. The molecule has 1 aliphatic rings. The molecule has 0 unspecified atom stereocenters. The predicted molar refractivity (Wildman–Crippen MR) is 84.0 cm³/mol. The Kier molecular flexibility index (Phi) is 4.47. The van der Waals surface area contributed by atoms with Crippen LogP contribution < -0.4 is 0 Å². The molecular weight excluding hydrogens is 306 g/mol. The van der Waals surface area contributed by atoms with E-state index < -0.39 is 17.9 Å². The van der Waals surface area contributed by atoms with Crippen LogP contribution in [0, 0.1) is 18.6 Å². The van der Waals surface area contributed by atoms with Gasteiger partial charge in [0.1, 0.15) is 11.6 Å². The molecule has 22 heavy (non-hydrogen) atoms. The van der Waals surface area contributed by atoms with Crippen LogP contribution in [-0.4, -0.2) is 18.5 Å². The maximum absolute atomic E-state index is 14.4. The lowest BCUT2D eigenvalue weighted by Crippen LogP contribution is -2.27. The van der Waals surface area contributed by atoms with E-state index in [-0.39, 0.29) is 10.8 Å². The van der Waals surface area contributed by atoms with Gasteiger partial charge in [-0.25, -0.2) is 8.78 Å². The smallest absolute Gasteiger partial charge is 0.184 e. The van der Waals surface area contributed by atoms with Crippen LogP contribution in [0.4, 0.5) is 8.78 Å². The first-order valence-electron chi connectivity index (χ1n) is 7.02. The average Bonchev–Trinajstić information content (AvgIpc) is 2.49. The van der Waals surface area contributed by atoms with Crippen LogP contribution in [0.3, 0.4) is 0 Å². The zero-order chi connectivity index (χ0) is 15.7. The Labute approximate surface area is 133 Å². The molecule has 0 aliphatic carbocycles. The quantitative estimate of drug-likeness (QED) is 0.832. The molecule has 2 nitrogen and oxygen atoms in total. The molecule has 5 heteroatoms. The van der Waals surface area contributed by atoms with Crippen molar-refractivity contribution in [1.82, 2.24) is 0 Å². The van der Waals surface area contributed by atoms with Crippen LogP contribution >= 0.6 is 12.6 Å². The number of ether oxygens (including phenoxy) is 2. The first-order valence-corrected chi connectivity index (χ1v) is 7.53. The van der Waals surface area contributed by atoms with Gasteiger partial charge in [-0.3, -0.25) is 0 Å². The van der Waals surface area contributed by atoms with Crippen molar-refractivity contribution in [2.75, 3.05) is 13.2 Å². The predicted octanol–water partition coefficient (Wildman–Crippen LogP) is 4.28.